The second-order valence-electron chi connectivity index (χ2n) is 5.27. The standard InChI is InChI=1S/C18H17FN2O/c19-15-5-3-4-13(10-15)8-9-18(22)21-12-14-11-20-17-7-2-1-6-16(14)17/h1-7,10-11,20H,8-9,12H2,(H,21,22). The lowest BCUT2D eigenvalue weighted by atomic mass is 10.1. The summed E-state index contributed by atoms with van der Waals surface area (Å²) in [6, 6.07) is 14.3. The first-order valence-corrected chi connectivity index (χ1v) is 7.28. The van der Waals surface area contributed by atoms with E-state index in [0.717, 1.165) is 22.0 Å². The maximum atomic E-state index is 13.1. The Morgan fingerprint density at radius 1 is 1.14 bits per heavy atom. The van der Waals surface area contributed by atoms with Crippen LogP contribution in [0.1, 0.15) is 17.5 Å². The molecule has 0 fully saturated rings. The molecule has 0 aliphatic carbocycles. The molecule has 0 aliphatic rings. The van der Waals surface area contributed by atoms with Crippen LogP contribution in [0.25, 0.3) is 10.9 Å². The third kappa shape index (κ3) is 3.34. The summed E-state index contributed by atoms with van der Waals surface area (Å²) in [5.74, 6) is -0.300. The fourth-order valence-corrected chi connectivity index (χ4v) is 2.51. The number of hydrogen-bond acceptors (Lipinski definition) is 1. The predicted molar refractivity (Wildman–Crippen MR) is 84.9 cm³/mol. The zero-order chi connectivity index (χ0) is 15.4. The van der Waals surface area contributed by atoms with Crippen LogP contribution >= 0.6 is 0 Å². The van der Waals surface area contributed by atoms with E-state index in [0.29, 0.717) is 19.4 Å². The molecule has 2 N–H and O–H groups in total. The van der Waals surface area contributed by atoms with Gasteiger partial charge in [0, 0.05) is 30.1 Å². The topological polar surface area (TPSA) is 44.9 Å². The summed E-state index contributed by atoms with van der Waals surface area (Å²) in [5.41, 5.74) is 2.96. The van der Waals surface area contributed by atoms with Crippen LogP contribution in [0.5, 0.6) is 0 Å². The number of aryl methyl sites for hydroxylation is 1. The van der Waals surface area contributed by atoms with Crippen LogP contribution in [0.3, 0.4) is 0 Å². The van der Waals surface area contributed by atoms with Crippen molar-refractivity contribution >= 4 is 16.8 Å². The summed E-state index contributed by atoms with van der Waals surface area (Å²) in [6.45, 7) is 0.492. The van der Waals surface area contributed by atoms with Crippen LogP contribution in [0.2, 0.25) is 0 Å². The Morgan fingerprint density at radius 3 is 2.86 bits per heavy atom. The fraction of sp³-hybridized carbons (Fsp3) is 0.167. The van der Waals surface area contributed by atoms with E-state index in [-0.39, 0.29) is 11.7 Å². The van der Waals surface area contributed by atoms with E-state index >= 15 is 0 Å². The van der Waals surface area contributed by atoms with Crippen LogP contribution < -0.4 is 5.32 Å². The summed E-state index contributed by atoms with van der Waals surface area (Å²) < 4.78 is 13.1. The van der Waals surface area contributed by atoms with Gasteiger partial charge in [0.2, 0.25) is 5.91 Å². The number of aromatic amines is 1. The monoisotopic (exact) mass is 296 g/mol. The van der Waals surface area contributed by atoms with Gasteiger partial charge in [-0.25, -0.2) is 4.39 Å². The molecule has 0 bridgehead atoms. The number of carbonyl (C=O) groups excluding carboxylic acids is 1. The number of hydrogen-bond donors (Lipinski definition) is 2. The van der Waals surface area contributed by atoms with Crippen LogP contribution in [-0.4, -0.2) is 10.9 Å². The molecule has 112 valence electrons. The number of benzene rings is 2. The van der Waals surface area contributed by atoms with Gasteiger partial charge in [-0.15, -0.1) is 0 Å². The zero-order valence-corrected chi connectivity index (χ0v) is 12.1. The summed E-state index contributed by atoms with van der Waals surface area (Å²) in [6.07, 6.45) is 2.81. The van der Waals surface area contributed by atoms with Gasteiger partial charge in [-0.05, 0) is 35.7 Å². The Hall–Kier alpha value is -2.62. The van der Waals surface area contributed by atoms with E-state index in [1.54, 1.807) is 6.07 Å². The Kier molecular flexibility index (Phi) is 4.19. The van der Waals surface area contributed by atoms with Crippen molar-refractivity contribution in [1.82, 2.24) is 10.3 Å². The molecule has 4 heteroatoms. The molecule has 3 rings (SSSR count). The molecular formula is C18H17FN2O. The van der Waals surface area contributed by atoms with E-state index < -0.39 is 0 Å². The van der Waals surface area contributed by atoms with E-state index in [2.05, 4.69) is 10.3 Å². The highest BCUT2D eigenvalue weighted by atomic mass is 19.1. The maximum absolute atomic E-state index is 13.1. The first kappa shape index (κ1) is 14.3. The molecule has 22 heavy (non-hydrogen) atoms. The predicted octanol–water partition coefficient (Wildman–Crippen LogP) is 3.56. The number of amides is 1. The van der Waals surface area contributed by atoms with Gasteiger partial charge in [0.15, 0.2) is 0 Å². The molecule has 1 aromatic heterocycles. The number of aromatic nitrogens is 1. The minimum Gasteiger partial charge on any atom is -0.361 e. The lowest BCUT2D eigenvalue weighted by molar-refractivity contribution is -0.121. The molecule has 0 aliphatic heterocycles. The van der Waals surface area contributed by atoms with Crippen LogP contribution in [-0.2, 0) is 17.8 Å². The van der Waals surface area contributed by atoms with E-state index in [4.69, 9.17) is 0 Å². The number of fused-ring (bicyclic) bond motifs is 1. The van der Waals surface area contributed by atoms with Crippen molar-refractivity contribution in [3.8, 4) is 0 Å². The number of rotatable bonds is 5. The normalized spacial score (nSPS) is 10.8. The molecule has 0 saturated heterocycles. The summed E-state index contributed by atoms with van der Waals surface area (Å²) in [5, 5.41) is 4.03. The van der Waals surface area contributed by atoms with Crippen molar-refractivity contribution in [2.75, 3.05) is 0 Å². The lowest BCUT2D eigenvalue weighted by Crippen LogP contribution is -2.22. The van der Waals surface area contributed by atoms with Gasteiger partial charge in [-0.3, -0.25) is 4.79 Å². The van der Waals surface area contributed by atoms with Crippen molar-refractivity contribution in [3.63, 3.8) is 0 Å². The van der Waals surface area contributed by atoms with E-state index in [9.17, 15) is 9.18 Å². The van der Waals surface area contributed by atoms with Crippen molar-refractivity contribution in [2.24, 2.45) is 0 Å². The molecule has 0 saturated carbocycles. The molecule has 3 aromatic rings. The van der Waals surface area contributed by atoms with Gasteiger partial charge < -0.3 is 10.3 Å². The van der Waals surface area contributed by atoms with Crippen LogP contribution in [0, 0.1) is 5.82 Å². The molecule has 0 unspecified atom stereocenters. The average molecular weight is 296 g/mol. The number of H-pyrrole nitrogens is 1. The van der Waals surface area contributed by atoms with Gasteiger partial charge in [0.05, 0.1) is 0 Å². The van der Waals surface area contributed by atoms with Gasteiger partial charge in [0.1, 0.15) is 5.82 Å². The largest absolute Gasteiger partial charge is 0.361 e. The minimum absolute atomic E-state index is 0.0328. The van der Waals surface area contributed by atoms with Gasteiger partial charge >= 0.3 is 0 Å². The lowest BCUT2D eigenvalue weighted by Gasteiger charge is -2.05. The SMILES string of the molecule is O=C(CCc1cccc(F)c1)NCc1c[nH]c2ccccc12. The smallest absolute Gasteiger partial charge is 0.220 e. The molecule has 0 atom stereocenters. The van der Waals surface area contributed by atoms with Gasteiger partial charge in [0.25, 0.3) is 0 Å². The summed E-state index contributed by atoms with van der Waals surface area (Å²) >= 11 is 0. The second kappa shape index (κ2) is 6.43. The van der Waals surface area contributed by atoms with Crippen LogP contribution in [0.4, 0.5) is 4.39 Å². The zero-order valence-electron chi connectivity index (χ0n) is 12.1. The Morgan fingerprint density at radius 2 is 2.00 bits per heavy atom. The number of nitrogens with one attached hydrogen (secondary N) is 2. The summed E-state index contributed by atoms with van der Waals surface area (Å²) in [7, 11) is 0. The highest BCUT2D eigenvalue weighted by Gasteiger charge is 2.06. The highest BCUT2D eigenvalue weighted by molar-refractivity contribution is 5.84. The first-order valence-electron chi connectivity index (χ1n) is 7.28. The third-order valence-electron chi connectivity index (χ3n) is 3.68. The Balaban J connectivity index is 1.54. The van der Waals surface area contributed by atoms with E-state index in [1.165, 1.54) is 12.1 Å². The molecule has 1 amide bonds. The van der Waals surface area contributed by atoms with Crippen molar-refractivity contribution in [1.29, 1.82) is 0 Å². The number of halogens is 1. The number of para-hydroxylation sites is 1. The van der Waals surface area contributed by atoms with E-state index in [1.807, 2.05) is 36.5 Å². The van der Waals surface area contributed by atoms with Crippen molar-refractivity contribution in [2.45, 2.75) is 19.4 Å². The maximum Gasteiger partial charge on any atom is 0.220 e. The fourth-order valence-electron chi connectivity index (χ4n) is 2.51. The molecule has 3 nitrogen and oxygen atoms in total. The van der Waals surface area contributed by atoms with Crippen molar-refractivity contribution < 1.29 is 9.18 Å². The average Bonchev–Trinajstić information content (AvgIpc) is 2.94. The Labute approximate surface area is 128 Å². The number of carbonyl (C=O) groups is 1. The highest BCUT2D eigenvalue weighted by Crippen LogP contribution is 2.17. The second-order valence-corrected chi connectivity index (χ2v) is 5.27. The van der Waals surface area contributed by atoms with Crippen molar-refractivity contribution in [3.05, 3.63) is 71.7 Å². The van der Waals surface area contributed by atoms with Gasteiger partial charge in [-0.2, -0.15) is 0 Å². The summed E-state index contributed by atoms with van der Waals surface area (Å²) in [4.78, 5) is 15.1. The quantitative estimate of drug-likeness (QED) is 0.743. The molecule has 0 radical (unpaired) electrons. The molecular weight excluding hydrogens is 279 g/mol. The van der Waals surface area contributed by atoms with Gasteiger partial charge in [-0.1, -0.05) is 30.3 Å². The molecule has 1 heterocycles. The molecule has 0 spiro atoms. The third-order valence-corrected chi connectivity index (χ3v) is 3.68. The Bertz CT molecular complexity index is 794. The molecule has 2 aromatic carbocycles. The van der Waals surface area contributed by atoms with Crippen LogP contribution in [0.15, 0.2) is 54.7 Å². The first-order chi connectivity index (χ1) is 10.7. The minimum atomic E-state index is -0.267.